The Labute approximate surface area is 87.6 Å². The highest BCUT2D eigenvalue weighted by molar-refractivity contribution is 5.91. The van der Waals surface area contributed by atoms with Crippen LogP contribution in [-0.2, 0) is 4.79 Å². The molecule has 0 radical (unpaired) electrons. The van der Waals surface area contributed by atoms with Crippen LogP contribution in [0.15, 0.2) is 12.7 Å². The predicted molar refractivity (Wildman–Crippen MR) is 60.0 cm³/mol. The summed E-state index contributed by atoms with van der Waals surface area (Å²) in [5.74, 6) is 2.42. The highest BCUT2D eigenvalue weighted by Crippen LogP contribution is 2.38. The lowest BCUT2D eigenvalue weighted by atomic mass is 9.68. The first-order valence-corrected chi connectivity index (χ1v) is 5.72. The Balaban J connectivity index is 2.73. The Morgan fingerprint density at radius 3 is 2.57 bits per heavy atom. The van der Waals surface area contributed by atoms with Gasteiger partial charge in [0.2, 0.25) is 0 Å². The number of carbonyl (C=O) groups excluding carboxylic acids is 1. The van der Waals surface area contributed by atoms with Crippen molar-refractivity contribution in [2.75, 3.05) is 0 Å². The van der Waals surface area contributed by atoms with E-state index in [9.17, 15) is 4.79 Å². The molecule has 0 heterocycles. The summed E-state index contributed by atoms with van der Waals surface area (Å²) in [4.78, 5) is 11.7. The van der Waals surface area contributed by atoms with Gasteiger partial charge in [0.25, 0.3) is 0 Å². The first-order chi connectivity index (χ1) is 6.56. The van der Waals surface area contributed by atoms with E-state index in [1.165, 1.54) is 18.9 Å². The molecule has 0 aromatic heterocycles. The van der Waals surface area contributed by atoms with E-state index in [0.29, 0.717) is 17.8 Å². The molecule has 1 fully saturated rings. The zero-order valence-corrected chi connectivity index (χ0v) is 9.62. The van der Waals surface area contributed by atoms with E-state index >= 15 is 0 Å². The molecule has 80 valence electrons. The van der Waals surface area contributed by atoms with Crippen molar-refractivity contribution in [3.05, 3.63) is 12.7 Å². The molecular formula is C13H22O. The summed E-state index contributed by atoms with van der Waals surface area (Å²) in [6, 6.07) is 0. The second-order valence-corrected chi connectivity index (χ2v) is 5.04. The van der Waals surface area contributed by atoms with Crippen molar-refractivity contribution in [1.29, 1.82) is 0 Å². The summed E-state index contributed by atoms with van der Waals surface area (Å²) in [6.07, 6.45) is 5.07. The van der Waals surface area contributed by atoms with E-state index < -0.39 is 0 Å². The van der Waals surface area contributed by atoms with Crippen LogP contribution in [0.25, 0.3) is 0 Å². The Kier molecular flexibility index (Phi) is 3.91. The van der Waals surface area contributed by atoms with Crippen LogP contribution in [0.3, 0.4) is 0 Å². The normalized spacial score (nSPS) is 33.0. The average molecular weight is 194 g/mol. The van der Waals surface area contributed by atoms with Gasteiger partial charge in [-0.3, -0.25) is 4.79 Å². The summed E-state index contributed by atoms with van der Waals surface area (Å²) < 4.78 is 0. The molecule has 0 bridgehead atoms. The third-order valence-electron chi connectivity index (χ3n) is 3.59. The van der Waals surface area contributed by atoms with Crippen molar-refractivity contribution in [2.45, 2.75) is 40.0 Å². The molecule has 0 amide bonds. The molecule has 1 saturated carbocycles. The summed E-state index contributed by atoms with van der Waals surface area (Å²) >= 11 is 0. The van der Waals surface area contributed by atoms with Gasteiger partial charge in [0.1, 0.15) is 0 Å². The molecule has 0 aromatic carbocycles. The maximum absolute atomic E-state index is 11.7. The smallest absolute Gasteiger partial charge is 0.158 e. The molecular weight excluding hydrogens is 172 g/mol. The zero-order chi connectivity index (χ0) is 10.7. The summed E-state index contributed by atoms with van der Waals surface area (Å²) in [5.41, 5.74) is 0. The molecule has 0 aliphatic heterocycles. The van der Waals surface area contributed by atoms with Gasteiger partial charge in [-0.15, -0.1) is 0 Å². The van der Waals surface area contributed by atoms with Crippen molar-refractivity contribution in [2.24, 2.45) is 23.7 Å². The van der Waals surface area contributed by atoms with Gasteiger partial charge in [-0.1, -0.05) is 33.8 Å². The molecule has 1 aliphatic rings. The molecule has 1 rings (SSSR count). The molecule has 1 heteroatoms. The number of allylic oxidation sites excluding steroid dienone is 1. The van der Waals surface area contributed by atoms with E-state index in [0.717, 1.165) is 6.42 Å². The zero-order valence-electron chi connectivity index (χ0n) is 9.62. The largest absolute Gasteiger partial charge is 0.295 e. The summed E-state index contributed by atoms with van der Waals surface area (Å²) in [7, 11) is 0. The third kappa shape index (κ3) is 2.46. The van der Waals surface area contributed by atoms with E-state index in [1.54, 1.807) is 0 Å². The minimum atomic E-state index is 0.247. The maximum atomic E-state index is 11.7. The Morgan fingerprint density at radius 2 is 2.07 bits per heavy atom. The van der Waals surface area contributed by atoms with Crippen molar-refractivity contribution in [3.63, 3.8) is 0 Å². The second-order valence-electron chi connectivity index (χ2n) is 5.04. The van der Waals surface area contributed by atoms with Crippen LogP contribution in [0.5, 0.6) is 0 Å². The molecule has 3 atom stereocenters. The number of hydrogen-bond acceptors (Lipinski definition) is 1. The monoisotopic (exact) mass is 194 g/mol. The fourth-order valence-electron chi connectivity index (χ4n) is 2.68. The Bertz CT molecular complexity index is 217. The van der Waals surface area contributed by atoms with Crippen LogP contribution in [0.4, 0.5) is 0 Å². The van der Waals surface area contributed by atoms with Gasteiger partial charge in [-0.25, -0.2) is 0 Å². The summed E-state index contributed by atoms with van der Waals surface area (Å²) in [6.45, 7) is 10.3. The number of rotatable bonds is 3. The lowest BCUT2D eigenvalue weighted by Gasteiger charge is -2.35. The molecule has 1 aliphatic carbocycles. The molecule has 0 saturated heterocycles. The topological polar surface area (TPSA) is 17.1 Å². The van der Waals surface area contributed by atoms with Crippen LogP contribution in [0.2, 0.25) is 0 Å². The molecule has 0 unspecified atom stereocenters. The van der Waals surface area contributed by atoms with Crippen LogP contribution in [0, 0.1) is 23.7 Å². The van der Waals surface area contributed by atoms with Gasteiger partial charge in [-0.2, -0.15) is 0 Å². The van der Waals surface area contributed by atoms with Crippen LogP contribution < -0.4 is 0 Å². The molecule has 1 nitrogen and oxygen atoms in total. The fourth-order valence-corrected chi connectivity index (χ4v) is 2.68. The quantitative estimate of drug-likeness (QED) is 0.629. The predicted octanol–water partition coefficient (Wildman–Crippen LogP) is 3.45. The standard InChI is InChI=1S/C13H22O/c1-5-13(14)12-8-10(4)6-7-11(12)9(2)3/h5,9-12H,1,6-8H2,2-4H3/t10-,11+,12-/m1/s1. The van der Waals surface area contributed by atoms with Gasteiger partial charge < -0.3 is 0 Å². The van der Waals surface area contributed by atoms with Crippen LogP contribution >= 0.6 is 0 Å². The SMILES string of the molecule is C=CC(=O)[C@@H]1C[C@H](C)CC[C@H]1C(C)C. The van der Waals surface area contributed by atoms with E-state index in [1.807, 2.05) is 0 Å². The minimum Gasteiger partial charge on any atom is -0.295 e. The van der Waals surface area contributed by atoms with Gasteiger partial charge in [-0.05, 0) is 36.7 Å². The molecule has 0 aromatic rings. The lowest BCUT2D eigenvalue weighted by molar-refractivity contribution is -0.122. The first-order valence-electron chi connectivity index (χ1n) is 5.72. The molecule has 14 heavy (non-hydrogen) atoms. The van der Waals surface area contributed by atoms with Crippen LogP contribution in [-0.4, -0.2) is 5.78 Å². The third-order valence-corrected chi connectivity index (χ3v) is 3.59. The lowest BCUT2D eigenvalue weighted by Crippen LogP contribution is -2.32. The molecule has 0 N–H and O–H groups in total. The van der Waals surface area contributed by atoms with Crippen molar-refractivity contribution < 1.29 is 4.79 Å². The maximum Gasteiger partial charge on any atom is 0.158 e. The summed E-state index contributed by atoms with van der Waals surface area (Å²) in [5, 5.41) is 0. The van der Waals surface area contributed by atoms with Crippen LogP contribution in [0.1, 0.15) is 40.0 Å². The Morgan fingerprint density at radius 1 is 1.43 bits per heavy atom. The van der Waals surface area contributed by atoms with Crippen molar-refractivity contribution in [3.8, 4) is 0 Å². The fraction of sp³-hybridized carbons (Fsp3) is 0.769. The average Bonchev–Trinajstić information content (AvgIpc) is 2.16. The minimum absolute atomic E-state index is 0.247. The van der Waals surface area contributed by atoms with Gasteiger partial charge in [0.05, 0.1) is 0 Å². The van der Waals surface area contributed by atoms with E-state index in [4.69, 9.17) is 0 Å². The number of carbonyl (C=O) groups is 1. The van der Waals surface area contributed by atoms with Gasteiger partial charge >= 0.3 is 0 Å². The first kappa shape index (κ1) is 11.5. The van der Waals surface area contributed by atoms with Gasteiger partial charge in [0, 0.05) is 5.92 Å². The number of ketones is 1. The highest BCUT2D eigenvalue weighted by atomic mass is 16.1. The van der Waals surface area contributed by atoms with Crippen molar-refractivity contribution >= 4 is 5.78 Å². The highest BCUT2D eigenvalue weighted by Gasteiger charge is 2.33. The Hall–Kier alpha value is -0.590. The number of hydrogen-bond donors (Lipinski definition) is 0. The van der Waals surface area contributed by atoms with E-state index in [2.05, 4.69) is 27.4 Å². The van der Waals surface area contributed by atoms with Gasteiger partial charge in [0.15, 0.2) is 5.78 Å². The van der Waals surface area contributed by atoms with E-state index in [-0.39, 0.29) is 11.7 Å². The second kappa shape index (κ2) is 4.77. The molecule has 0 spiro atoms. The van der Waals surface area contributed by atoms with Crippen molar-refractivity contribution in [1.82, 2.24) is 0 Å².